The van der Waals surface area contributed by atoms with Crippen molar-refractivity contribution >= 4 is 40.1 Å². The minimum absolute atomic E-state index is 0.243. The van der Waals surface area contributed by atoms with E-state index in [9.17, 15) is 9.59 Å². The van der Waals surface area contributed by atoms with Crippen LogP contribution in [0.15, 0.2) is 42.6 Å². The third-order valence-corrected chi connectivity index (χ3v) is 6.57. The molecule has 3 amide bonds. The number of nitrogens with zero attached hydrogens (tertiary/aromatic N) is 2. The van der Waals surface area contributed by atoms with Gasteiger partial charge in [-0.05, 0) is 63.0 Å². The van der Waals surface area contributed by atoms with Crippen LogP contribution < -0.4 is 25.8 Å². The molecule has 1 aliphatic carbocycles. The quantitative estimate of drug-likeness (QED) is 0.389. The predicted molar refractivity (Wildman–Crippen MR) is 138 cm³/mol. The fourth-order valence-corrected chi connectivity index (χ4v) is 4.42. The Kier molecular flexibility index (Phi) is 7.11. The molecule has 0 unspecified atom stereocenters. The lowest BCUT2D eigenvalue weighted by molar-refractivity contribution is 0.0996. The molecule has 2 heterocycles. The van der Waals surface area contributed by atoms with Crippen LogP contribution in [0.4, 0.5) is 10.5 Å². The van der Waals surface area contributed by atoms with Crippen molar-refractivity contribution in [3.63, 3.8) is 0 Å². The number of pyridine rings is 1. The normalized spacial score (nSPS) is 15.6. The topological polar surface area (TPSA) is 119 Å². The average Bonchev–Trinajstić information content (AvgIpc) is 3.50. The molecule has 9 nitrogen and oxygen atoms in total. The molecule has 36 heavy (non-hydrogen) atoms. The van der Waals surface area contributed by atoms with Gasteiger partial charge in [0.25, 0.3) is 5.91 Å². The smallest absolute Gasteiger partial charge is 0.319 e. The second-order valence-electron chi connectivity index (χ2n) is 9.05. The van der Waals surface area contributed by atoms with Crippen molar-refractivity contribution in [2.24, 2.45) is 5.73 Å². The zero-order valence-corrected chi connectivity index (χ0v) is 20.5. The maximum atomic E-state index is 12.2. The summed E-state index contributed by atoms with van der Waals surface area (Å²) in [5.41, 5.74) is 7.02. The van der Waals surface area contributed by atoms with E-state index in [0.717, 1.165) is 32.5 Å². The lowest BCUT2D eigenvalue weighted by Crippen LogP contribution is -2.30. The van der Waals surface area contributed by atoms with Gasteiger partial charge in [0.05, 0.1) is 21.8 Å². The number of nitrogens with one attached hydrogen (secondary N) is 2. The molecule has 5 rings (SSSR count). The Morgan fingerprint density at radius 2 is 1.92 bits per heavy atom. The number of halogens is 1. The Morgan fingerprint density at radius 3 is 2.64 bits per heavy atom. The Bertz CT molecular complexity index is 1290. The third kappa shape index (κ3) is 5.80. The maximum absolute atomic E-state index is 12.2. The van der Waals surface area contributed by atoms with Crippen LogP contribution in [0.5, 0.6) is 17.2 Å². The highest BCUT2D eigenvalue weighted by Crippen LogP contribution is 2.35. The van der Waals surface area contributed by atoms with Gasteiger partial charge in [0.1, 0.15) is 23.9 Å². The number of rotatable bonds is 9. The van der Waals surface area contributed by atoms with Crippen molar-refractivity contribution in [1.82, 2.24) is 15.2 Å². The summed E-state index contributed by atoms with van der Waals surface area (Å²) in [6.07, 6.45) is 6.02. The molecule has 0 radical (unpaired) electrons. The number of benzene rings is 2. The van der Waals surface area contributed by atoms with E-state index in [1.54, 1.807) is 42.6 Å². The molecule has 1 saturated carbocycles. The zero-order valence-electron chi connectivity index (χ0n) is 19.8. The van der Waals surface area contributed by atoms with Crippen LogP contribution in [0, 0.1) is 0 Å². The van der Waals surface area contributed by atoms with Crippen molar-refractivity contribution in [1.29, 1.82) is 0 Å². The highest BCUT2D eigenvalue weighted by Gasteiger charge is 2.23. The van der Waals surface area contributed by atoms with E-state index in [2.05, 4.69) is 20.5 Å². The number of anilines is 1. The molecule has 1 aromatic heterocycles. The van der Waals surface area contributed by atoms with E-state index >= 15 is 0 Å². The minimum atomic E-state index is -0.592. The summed E-state index contributed by atoms with van der Waals surface area (Å²) in [4.78, 5) is 31.0. The number of ether oxygens (including phenoxy) is 2. The summed E-state index contributed by atoms with van der Waals surface area (Å²) in [5, 5.41) is 6.55. The summed E-state index contributed by atoms with van der Waals surface area (Å²) in [6, 6.07) is 10.0. The minimum Gasteiger partial charge on any atom is -0.491 e. The first kappa shape index (κ1) is 24.1. The number of likely N-dealkylation sites (tertiary alicyclic amines) is 1. The van der Waals surface area contributed by atoms with Gasteiger partial charge in [0, 0.05) is 36.3 Å². The summed E-state index contributed by atoms with van der Waals surface area (Å²) in [6.45, 7) is 3.39. The molecule has 0 spiro atoms. The number of hydrogen-bond donors (Lipinski definition) is 3. The average molecular weight is 510 g/mol. The van der Waals surface area contributed by atoms with Crippen LogP contribution in [0.2, 0.25) is 5.02 Å². The highest BCUT2D eigenvalue weighted by atomic mass is 35.5. The Balaban J connectivity index is 1.33. The molecule has 2 aliphatic rings. The second-order valence-corrected chi connectivity index (χ2v) is 9.46. The summed E-state index contributed by atoms with van der Waals surface area (Å²) >= 11 is 6.38. The number of nitrogens with two attached hydrogens (primary N) is 1. The number of primary amides is 1. The third-order valence-electron chi connectivity index (χ3n) is 6.26. The number of amides is 3. The standard InChI is InChI=1S/C26H28ClN5O4/c27-20-13-17(5-6-21(20)31-26(34)30-16-3-4-16)36-23-7-8-29-22-15-24(19(25(28)33)14-18(22)23)35-12-11-32-9-1-2-10-32/h5-8,13-16H,1-4,9-12H2,(H2,28,33)(H2,30,31,34). The molecule has 3 aromatic rings. The van der Waals surface area contributed by atoms with Gasteiger partial charge >= 0.3 is 6.03 Å². The monoisotopic (exact) mass is 509 g/mol. The summed E-state index contributed by atoms with van der Waals surface area (Å²) in [5.74, 6) is 0.759. The van der Waals surface area contributed by atoms with Gasteiger partial charge < -0.3 is 25.8 Å². The van der Waals surface area contributed by atoms with Gasteiger partial charge in [0.2, 0.25) is 0 Å². The first-order chi connectivity index (χ1) is 17.5. The highest BCUT2D eigenvalue weighted by molar-refractivity contribution is 6.33. The van der Waals surface area contributed by atoms with Crippen molar-refractivity contribution in [2.75, 3.05) is 31.6 Å². The lowest BCUT2D eigenvalue weighted by Gasteiger charge is -2.17. The second kappa shape index (κ2) is 10.6. The van der Waals surface area contributed by atoms with E-state index in [1.807, 2.05) is 0 Å². The molecule has 10 heteroatoms. The predicted octanol–water partition coefficient (Wildman–Crippen LogP) is 4.54. The SMILES string of the molecule is NC(=O)c1cc2c(Oc3ccc(NC(=O)NC4CC4)c(Cl)c3)ccnc2cc1OCCN1CCCC1. The number of aromatic nitrogens is 1. The van der Waals surface area contributed by atoms with Gasteiger partial charge in [-0.3, -0.25) is 14.7 Å². The van der Waals surface area contributed by atoms with Crippen molar-refractivity contribution < 1.29 is 19.1 Å². The molecule has 0 bridgehead atoms. The van der Waals surface area contributed by atoms with Crippen molar-refractivity contribution in [3.05, 3.63) is 53.2 Å². The van der Waals surface area contributed by atoms with Crippen LogP contribution in [0.25, 0.3) is 10.9 Å². The number of urea groups is 1. The van der Waals surface area contributed by atoms with E-state index < -0.39 is 5.91 Å². The molecule has 4 N–H and O–H groups in total. The van der Waals surface area contributed by atoms with E-state index in [4.69, 9.17) is 26.8 Å². The van der Waals surface area contributed by atoms with Crippen molar-refractivity contribution in [2.45, 2.75) is 31.7 Å². The number of carbonyl (C=O) groups excluding carboxylic acids is 2. The van der Waals surface area contributed by atoms with Crippen LogP contribution >= 0.6 is 11.6 Å². The molecule has 2 fully saturated rings. The molecular weight excluding hydrogens is 482 g/mol. The number of fused-ring (bicyclic) bond motifs is 1. The van der Waals surface area contributed by atoms with E-state index in [0.29, 0.717) is 45.5 Å². The van der Waals surface area contributed by atoms with Crippen LogP contribution in [-0.2, 0) is 0 Å². The fraction of sp³-hybridized carbons (Fsp3) is 0.346. The number of hydrogen-bond acceptors (Lipinski definition) is 6. The number of carbonyl (C=O) groups is 2. The maximum Gasteiger partial charge on any atom is 0.319 e. The summed E-state index contributed by atoms with van der Waals surface area (Å²) < 4.78 is 12.0. The van der Waals surface area contributed by atoms with Gasteiger partial charge in [-0.15, -0.1) is 0 Å². The van der Waals surface area contributed by atoms with Crippen LogP contribution in [0.1, 0.15) is 36.0 Å². The zero-order chi connectivity index (χ0) is 25.1. The molecule has 2 aromatic carbocycles. The molecule has 188 valence electrons. The van der Waals surface area contributed by atoms with Crippen LogP contribution in [0.3, 0.4) is 0 Å². The van der Waals surface area contributed by atoms with Gasteiger partial charge in [-0.1, -0.05) is 11.6 Å². The first-order valence-electron chi connectivity index (χ1n) is 12.1. The van der Waals surface area contributed by atoms with Gasteiger partial charge in [-0.2, -0.15) is 0 Å². The van der Waals surface area contributed by atoms with E-state index in [1.165, 1.54) is 12.8 Å². The fourth-order valence-electron chi connectivity index (χ4n) is 4.20. The molecule has 1 aliphatic heterocycles. The van der Waals surface area contributed by atoms with Gasteiger partial charge in [-0.25, -0.2) is 4.79 Å². The Labute approximate surface area is 213 Å². The van der Waals surface area contributed by atoms with E-state index in [-0.39, 0.29) is 17.6 Å². The van der Waals surface area contributed by atoms with Gasteiger partial charge in [0.15, 0.2) is 0 Å². The Morgan fingerprint density at radius 1 is 1.11 bits per heavy atom. The first-order valence-corrected chi connectivity index (χ1v) is 12.5. The molecule has 0 atom stereocenters. The molecule has 1 saturated heterocycles. The largest absolute Gasteiger partial charge is 0.491 e. The summed E-state index contributed by atoms with van der Waals surface area (Å²) in [7, 11) is 0. The molecular formula is C26H28ClN5O4. The lowest BCUT2D eigenvalue weighted by atomic mass is 10.1. The van der Waals surface area contributed by atoms with Crippen LogP contribution in [-0.4, -0.2) is 54.1 Å². The Hall–Kier alpha value is -3.56. The van der Waals surface area contributed by atoms with Crippen molar-refractivity contribution in [3.8, 4) is 17.2 Å².